The number of carbonyl (C=O) groups is 1. The molecule has 0 radical (unpaired) electrons. The van der Waals surface area contributed by atoms with Crippen molar-refractivity contribution in [3.63, 3.8) is 0 Å². The van der Waals surface area contributed by atoms with Gasteiger partial charge in [0.25, 0.3) is 5.91 Å². The zero-order chi connectivity index (χ0) is 19.9. The number of carbonyl (C=O) groups excluding carboxylic acids is 1. The first-order valence-electron chi connectivity index (χ1n) is 10.1. The van der Waals surface area contributed by atoms with Crippen molar-refractivity contribution in [2.75, 3.05) is 27.3 Å². The highest BCUT2D eigenvalue weighted by Gasteiger charge is 2.30. The number of ether oxygens (including phenoxy) is 1. The lowest BCUT2D eigenvalue weighted by Gasteiger charge is -2.19. The number of aliphatic hydroxyl groups is 1. The summed E-state index contributed by atoms with van der Waals surface area (Å²) in [6.07, 6.45) is 3.91. The highest BCUT2D eigenvalue weighted by Crippen LogP contribution is 2.40. The van der Waals surface area contributed by atoms with Gasteiger partial charge in [-0.3, -0.25) is 4.79 Å². The highest BCUT2D eigenvalue weighted by molar-refractivity contribution is 5.94. The van der Waals surface area contributed by atoms with E-state index in [0.717, 1.165) is 31.2 Å². The van der Waals surface area contributed by atoms with Crippen LogP contribution >= 0.6 is 0 Å². The SMILES string of the molecule is COCCN(C)C(=O)c1ccc(C[C@@H]2CC[C@H]([C@H](O)c3ccccc3)C2)cc1. The van der Waals surface area contributed by atoms with Crippen LogP contribution in [0.2, 0.25) is 0 Å². The minimum atomic E-state index is -0.367. The first-order valence-corrected chi connectivity index (χ1v) is 10.1. The molecule has 1 aliphatic carbocycles. The third-order valence-corrected chi connectivity index (χ3v) is 5.87. The molecule has 0 unspecified atom stereocenters. The van der Waals surface area contributed by atoms with Crippen molar-refractivity contribution in [2.45, 2.75) is 31.8 Å². The maximum Gasteiger partial charge on any atom is 0.253 e. The van der Waals surface area contributed by atoms with Gasteiger partial charge >= 0.3 is 0 Å². The minimum Gasteiger partial charge on any atom is -0.388 e. The molecule has 0 bridgehead atoms. The summed E-state index contributed by atoms with van der Waals surface area (Å²) < 4.78 is 5.03. The van der Waals surface area contributed by atoms with Crippen molar-refractivity contribution < 1.29 is 14.6 Å². The van der Waals surface area contributed by atoms with E-state index in [4.69, 9.17) is 4.74 Å². The van der Waals surface area contributed by atoms with Crippen molar-refractivity contribution in [2.24, 2.45) is 11.8 Å². The van der Waals surface area contributed by atoms with Gasteiger partial charge in [0.15, 0.2) is 0 Å². The van der Waals surface area contributed by atoms with Gasteiger partial charge in [-0.15, -0.1) is 0 Å². The predicted octanol–water partition coefficient (Wildman–Crippen LogP) is 4.10. The van der Waals surface area contributed by atoms with Gasteiger partial charge in [-0.25, -0.2) is 0 Å². The Morgan fingerprint density at radius 2 is 1.86 bits per heavy atom. The average molecular weight is 382 g/mol. The van der Waals surface area contributed by atoms with E-state index in [9.17, 15) is 9.90 Å². The van der Waals surface area contributed by atoms with Crippen LogP contribution in [0.5, 0.6) is 0 Å². The summed E-state index contributed by atoms with van der Waals surface area (Å²) >= 11 is 0. The molecule has 0 aromatic heterocycles. The maximum atomic E-state index is 12.4. The zero-order valence-corrected chi connectivity index (χ0v) is 16.9. The molecule has 1 fully saturated rings. The number of amides is 1. The average Bonchev–Trinajstić information content (AvgIpc) is 3.20. The number of aliphatic hydroxyl groups excluding tert-OH is 1. The molecule has 4 heteroatoms. The second kappa shape index (κ2) is 9.85. The topological polar surface area (TPSA) is 49.8 Å². The van der Waals surface area contributed by atoms with E-state index >= 15 is 0 Å². The van der Waals surface area contributed by atoms with Crippen LogP contribution in [0.1, 0.15) is 46.9 Å². The summed E-state index contributed by atoms with van der Waals surface area (Å²) in [6.45, 7) is 1.13. The molecule has 28 heavy (non-hydrogen) atoms. The van der Waals surface area contributed by atoms with Gasteiger partial charge in [0, 0.05) is 26.3 Å². The maximum absolute atomic E-state index is 12.4. The number of hydrogen-bond donors (Lipinski definition) is 1. The van der Waals surface area contributed by atoms with E-state index < -0.39 is 0 Å². The van der Waals surface area contributed by atoms with Gasteiger partial charge in [-0.2, -0.15) is 0 Å². The van der Waals surface area contributed by atoms with Crippen molar-refractivity contribution in [1.29, 1.82) is 0 Å². The summed E-state index contributed by atoms with van der Waals surface area (Å²) in [4.78, 5) is 14.1. The normalized spacial score (nSPS) is 20.1. The molecule has 0 saturated heterocycles. The van der Waals surface area contributed by atoms with E-state index in [1.165, 1.54) is 5.56 Å². The summed E-state index contributed by atoms with van der Waals surface area (Å²) in [5, 5.41) is 10.7. The number of benzene rings is 2. The Morgan fingerprint density at radius 3 is 2.54 bits per heavy atom. The zero-order valence-electron chi connectivity index (χ0n) is 16.9. The fourth-order valence-electron chi connectivity index (χ4n) is 4.18. The summed E-state index contributed by atoms with van der Waals surface area (Å²) in [7, 11) is 3.44. The molecule has 3 rings (SSSR count). The van der Waals surface area contributed by atoms with E-state index in [-0.39, 0.29) is 12.0 Å². The van der Waals surface area contributed by atoms with Gasteiger partial charge in [-0.05, 0) is 60.8 Å². The summed E-state index contributed by atoms with van der Waals surface area (Å²) in [5.74, 6) is 0.951. The number of rotatable bonds is 8. The lowest BCUT2D eigenvalue weighted by atomic mass is 9.91. The van der Waals surface area contributed by atoms with Crippen molar-refractivity contribution >= 4 is 5.91 Å². The second-order valence-corrected chi connectivity index (χ2v) is 7.92. The molecule has 1 aliphatic rings. The molecular weight excluding hydrogens is 350 g/mol. The third kappa shape index (κ3) is 5.21. The van der Waals surface area contributed by atoms with E-state index in [0.29, 0.717) is 30.6 Å². The molecule has 0 spiro atoms. The first kappa shape index (κ1) is 20.6. The highest BCUT2D eigenvalue weighted by atomic mass is 16.5. The van der Waals surface area contributed by atoms with Crippen molar-refractivity contribution in [1.82, 2.24) is 4.90 Å². The van der Waals surface area contributed by atoms with E-state index in [2.05, 4.69) is 12.1 Å². The smallest absolute Gasteiger partial charge is 0.253 e. The standard InChI is InChI=1S/C24H31NO3/c1-25(14-15-28-2)24(27)21-11-8-18(9-12-21)16-19-10-13-22(17-19)23(26)20-6-4-3-5-7-20/h3-9,11-12,19,22-23,26H,10,13-17H2,1-2H3/t19-,22-,23+/m0/s1. The van der Waals surface area contributed by atoms with Gasteiger partial charge in [-0.1, -0.05) is 42.5 Å². The molecule has 2 aromatic carbocycles. The van der Waals surface area contributed by atoms with Crippen LogP contribution in [-0.4, -0.2) is 43.2 Å². The van der Waals surface area contributed by atoms with Crippen molar-refractivity contribution in [3.8, 4) is 0 Å². The monoisotopic (exact) mass is 381 g/mol. The Labute approximate surface area is 168 Å². The predicted molar refractivity (Wildman–Crippen MR) is 111 cm³/mol. The first-order chi connectivity index (χ1) is 13.6. The molecule has 0 aliphatic heterocycles. The van der Waals surface area contributed by atoms with E-state index in [1.807, 2.05) is 42.5 Å². The third-order valence-electron chi connectivity index (χ3n) is 5.87. The molecular formula is C24H31NO3. The lowest BCUT2D eigenvalue weighted by Crippen LogP contribution is -2.29. The largest absolute Gasteiger partial charge is 0.388 e. The van der Waals surface area contributed by atoms with E-state index in [1.54, 1.807) is 19.1 Å². The van der Waals surface area contributed by atoms with Crippen LogP contribution in [0.25, 0.3) is 0 Å². The number of methoxy groups -OCH3 is 1. The summed E-state index contributed by atoms with van der Waals surface area (Å²) in [6, 6.07) is 18.0. The quantitative estimate of drug-likeness (QED) is 0.749. The minimum absolute atomic E-state index is 0.0236. The Morgan fingerprint density at radius 1 is 1.14 bits per heavy atom. The second-order valence-electron chi connectivity index (χ2n) is 7.92. The van der Waals surface area contributed by atoms with Crippen molar-refractivity contribution in [3.05, 3.63) is 71.3 Å². The van der Waals surface area contributed by atoms with Gasteiger partial charge in [0.1, 0.15) is 0 Å². The van der Waals surface area contributed by atoms with Crippen LogP contribution in [-0.2, 0) is 11.2 Å². The molecule has 150 valence electrons. The van der Waals surface area contributed by atoms with Gasteiger partial charge in [0.2, 0.25) is 0 Å². The van der Waals surface area contributed by atoms with Crippen LogP contribution in [0.4, 0.5) is 0 Å². The Kier molecular flexibility index (Phi) is 7.24. The lowest BCUT2D eigenvalue weighted by molar-refractivity contribution is 0.0744. The summed E-state index contributed by atoms with van der Waals surface area (Å²) in [5.41, 5.74) is 3.00. The van der Waals surface area contributed by atoms with Crippen LogP contribution in [0.15, 0.2) is 54.6 Å². The molecule has 1 amide bonds. The Balaban J connectivity index is 1.53. The Bertz CT molecular complexity index is 744. The van der Waals surface area contributed by atoms with Gasteiger partial charge < -0.3 is 14.7 Å². The van der Waals surface area contributed by atoms with Gasteiger partial charge in [0.05, 0.1) is 12.7 Å². The molecule has 1 N–H and O–H groups in total. The number of nitrogens with zero attached hydrogens (tertiary/aromatic N) is 1. The molecule has 0 heterocycles. The molecule has 3 atom stereocenters. The number of hydrogen-bond acceptors (Lipinski definition) is 3. The molecule has 2 aromatic rings. The number of likely N-dealkylation sites (N-methyl/N-ethyl adjacent to an activating group) is 1. The van der Waals surface area contributed by atoms with Crippen LogP contribution < -0.4 is 0 Å². The molecule has 4 nitrogen and oxygen atoms in total. The Hall–Kier alpha value is -2.17. The fourth-order valence-corrected chi connectivity index (χ4v) is 4.18. The molecule has 1 saturated carbocycles. The van der Waals surface area contributed by atoms with Crippen LogP contribution in [0, 0.1) is 11.8 Å². The van der Waals surface area contributed by atoms with Crippen LogP contribution in [0.3, 0.4) is 0 Å². The fraction of sp³-hybridized carbons (Fsp3) is 0.458.